The quantitative estimate of drug-likeness (QED) is 0.164. The number of furan rings is 1. The predicted molar refractivity (Wildman–Crippen MR) is 142 cm³/mol. The minimum atomic E-state index is -0.454. The van der Waals surface area contributed by atoms with Crippen molar-refractivity contribution in [2.75, 3.05) is 5.32 Å². The first kappa shape index (κ1) is 23.4. The number of nitrogens with one attached hydrogen (secondary N) is 2. The normalized spacial score (nSPS) is 12.1. The number of aromatic nitrogens is 3. The molecule has 0 aliphatic heterocycles. The Kier molecular flexibility index (Phi) is 7.09. The van der Waals surface area contributed by atoms with Gasteiger partial charge in [-0.3, -0.25) is 9.36 Å². The van der Waals surface area contributed by atoms with Crippen LogP contribution in [0.1, 0.15) is 18.5 Å². The van der Waals surface area contributed by atoms with E-state index in [2.05, 4.69) is 50.3 Å². The maximum absolute atomic E-state index is 12.6. The summed E-state index contributed by atoms with van der Waals surface area (Å²) in [5, 5.41) is 18.8. The van der Waals surface area contributed by atoms with Crippen LogP contribution < -0.4 is 10.7 Å². The fourth-order valence-corrected chi connectivity index (χ4v) is 4.59. The third kappa shape index (κ3) is 5.31. The monoisotopic (exact) mass is 496 g/mol. The molecule has 0 spiro atoms. The third-order valence-electron chi connectivity index (χ3n) is 5.50. The Bertz CT molecular complexity index is 1480. The highest BCUT2D eigenvalue weighted by Gasteiger charge is 2.21. The maximum Gasteiger partial charge on any atom is 0.253 e. The van der Waals surface area contributed by atoms with Crippen LogP contribution in [0.5, 0.6) is 0 Å². The summed E-state index contributed by atoms with van der Waals surface area (Å²) in [6.07, 6.45) is 3.00. The lowest BCUT2D eigenvalue weighted by atomic mass is 10.1. The topological polar surface area (TPSA) is 97.3 Å². The van der Waals surface area contributed by atoms with Crippen molar-refractivity contribution in [2.24, 2.45) is 5.10 Å². The number of amides is 1. The van der Waals surface area contributed by atoms with Gasteiger partial charge in [0, 0.05) is 16.8 Å². The molecule has 1 unspecified atom stereocenters. The number of para-hydroxylation sites is 1. The fraction of sp³-hybridized carbons (Fsp3) is 0.111. The second-order valence-electron chi connectivity index (χ2n) is 7.96. The molecule has 1 amide bonds. The highest BCUT2D eigenvalue weighted by molar-refractivity contribution is 8.00. The van der Waals surface area contributed by atoms with Gasteiger partial charge in [-0.1, -0.05) is 66.4 Å². The van der Waals surface area contributed by atoms with Gasteiger partial charge in [0.1, 0.15) is 5.76 Å². The van der Waals surface area contributed by atoms with E-state index in [1.165, 1.54) is 18.0 Å². The summed E-state index contributed by atoms with van der Waals surface area (Å²) in [5.74, 6) is 1.05. The van der Waals surface area contributed by atoms with Gasteiger partial charge in [0.15, 0.2) is 11.0 Å². The van der Waals surface area contributed by atoms with E-state index in [0.717, 1.165) is 28.0 Å². The molecule has 1 atom stereocenters. The van der Waals surface area contributed by atoms with Gasteiger partial charge in [0.25, 0.3) is 5.91 Å². The highest BCUT2D eigenvalue weighted by Crippen LogP contribution is 2.27. The number of hydrazone groups is 1. The zero-order valence-electron chi connectivity index (χ0n) is 19.5. The zero-order valence-corrected chi connectivity index (χ0v) is 20.4. The van der Waals surface area contributed by atoms with Crippen molar-refractivity contribution in [1.82, 2.24) is 20.2 Å². The van der Waals surface area contributed by atoms with E-state index in [0.29, 0.717) is 17.5 Å². The van der Waals surface area contributed by atoms with E-state index in [-0.39, 0.29) is 5.91 Å². The van der Waals surface area contributed by atoms with E-state index in [1.807, 2.05) is 53.1 Å². The molecular weight excluding hydrogens is 472 g/mol. The minimum absolute atomic E-state index is 0.249. The third-order valence-corrected chi connectivity index (χ3v) is 6.55. The molecule has 9 heteroatoms. The van der Waals surface area contributed by atoms with Gasteiger partial charge in [-0.15, -0.1) is 10.2 Å². The van der Waals surface area contributed by atoms with E-state index < -0.39 is 5.25 Å². The van der Waals surface area contributed by atoms with Crippen LogP contribution in [0.3, 0.4) is 0 Å². The van der Waals surface area contributed by atoms with Gasteiger partial charge in [-0.2, -0.15) is 5.10 Å². The van der Waals surface area contributed by atoms with Crippen molar-refractivity contribution >= 4 is 40.3 Å². The number of hydrogen-bond donors (Lipinski definition) is 2. The Morgan fingerprint density at radius 1 is 1.03 bits per heavy atom. The number of benzene rings is 3. The van der Waals surface area contributed by atoms with Crippen molar-refractivity contribution in [3.63, 3.8) is 0 Å². The lowest BCUT2D eigenvalue weighted by molar-refractivity contribution is -0.120. The van der Waals surface area contributed by atoms with Gasteiger partial charge < -0.3 is 9.73 Å². The molecule has 0 aliphatic carbocycles. The summed E-state index contributed by atoms with van der Waals surface area (Å²) in [6, 6.07) is 27.8. The molecule has 2 aromatic heterocycles. The van der Waals surface area contributed by atoms with Gasteiger partial charge in [0.2, 0.25) is 0 Å². The van der Waals surface area contributed by atoms with Gasteiger partial charge in [-0.05, 0) is 42.6 Å². The molecule has 0 aliphatic rings. The highest BCUT2D eigenvalue weighted by atomic mass is 32.2. The number of carbonyl (C=O) groups excluding carboxylic acids is 1. The van der Waals surface area contributed by atoms with Crippen molar-refractivity contribution < 1.29 is 9.21 Å². The summed E-state index contributed by atoms with van der Waals surface area (Å²) in [7, 11) is 0. The average Bonchev–Trinajstić information content (AvgIpc) is 3.58. The van der Waals surface area contributed by atoms with Crippen LogP contribution in [-0.4, -0.2) is 32.1 Å². The molecule has 8 nitrogen and oxygen atoms in total. The number of hydrogen-bond acceptors (Lipinski definition) is 7. The molecule has 3 aromatic carbocycles. The van der Waals surface area contributed by atoms with Crippen LogP contribution in [-0.2, 0) is 11.3 Å². The van der Waals surface area contributed by atoms with Crippen LogP contribution in [0.15, 0.2) is 106 Å². The standard InChI is InChI=1S/C27H24N6O2S/c1-19(26(34)31-29-17-22-13-8-16-35-22)36-27-32-30-25(33(27)21-11-3-2-4-12-21)18-28-24-15-7-10-20-9-5-6-14-23(20)24/h2-17,19,28H,18H2,1H3,(H,31,34)/b29-17+. The van der Waals surface area contributed by atoms with Gasteiger partial charge in [0.05, 0.1) is 24.3 Å². The molecule has 0 saturated carbocycles. The maximum atomic E-state index is 12.6. The Morgan fingerprint density at radius 2 is 1.83 bits per heavy atom. The molecule has 0 saturated heterocycles. The molecule has 180 valence electrons. The van der Waals surface area contributed by atoms with Crippen LogP contribution >= 0.6 is 11.8 Å². The number of carbonyl (C=O) groups is 1. The van der Waals surface area contributed by atoms with Crippen LogP contribution in [0.2, 0.25) is 0 Å². The number of thioether (sulfide) groups is 1. The lowest BCUT2D eigenvalue weighted by Gasteiger charge is -2.14. The SMILES string of the molecule is CC(Sc1nnc(CNc2cccc3ccccc23)n1-c1ccccc1)C(=O)N/N=C/c1ccco1. The fourth-order valence-electron chi connectivity index (χ4n) is 3.71. The number of nitrogens with zero attached hydrogens (tertiary/aromatic N) is 4. The predicted octanol–water partition coefficient (Wildman–Crippen LogP) is 5.26. The second-order valence-corrected chi connectivity index (χ2v) is 9.27. The first-order chi connectivity index (χ1) is 17.7. The molecule has 5 aromatic rings. The molecule has 0 bridgehead atoms. The lowest BCUT2D eigenvalue weighted by Crippen LogP contribution is -2.27. The summed E-state index contributed by atoms with van der Waals surface area (Å²) < 4.78 is 7.16. The first-order valence-electron chi connectivity index (χ1n) is 11.4. The minimum Gasteiger partial charge on any atom is -0.463 e. The van der Waals surface area contributed by atoms with Gasteiger partial charge in [-0.25, -0.2) is 5.43 Å². The largest absolute Gasteiger partial charge is 0.463 e. The second kappa shape index (κ2) is 10.9. The zero-order chi connectivity index (χ0) is 24.7. The molecular formula is C27H24N6O2S. The van der Waals surface area contributed by atoms with E-state index in [4.69, 9.17) is 4.42 Å². The van der Waals surface area contributed by atoms with Crippen molar-refractivity contribution in [1.29, 1.82) is 0 Å². The van der Waals surface area contributed by atoms with E-state index in [1.54, 1.807) is 25.3 Å². The van der Waals surface area contributed by atoms with Crippen molar-refractivity contribution in [3.05, 3.63) is 103 Å². The van der Waals surface area contributed by atoms with E-state index in [9.17, 15) is 4.79 Å². The van der Waals surface area contributed by atoms with Crippen LogP contribution in [0.25, 0.3) is 16.5 Å². The Balaban J connectivity index is 1.35. The summed E-state index contributed by atoms with van der Waals surface area (Å²) >= 11 is 1.32. The first-order valence-corrected chi connectivity index (χ1v) is 12.3. The van der Waals surface area contributed by atoms with Crippen molar-refractivity contribution in [3.8, 4) is 5.69 Å². The van der Waals surface area contributed by atoms with Crippen LogP contribution in [0.4, 0.5) is 5.69 Å². The summed E-state index contributed by atoms with van der Waals surface area (Å²) in [6.45, 7) is 2.27. The summed E-state index contributed by atoms with van der Waals surface area (Å²) in [5.41, 5.74) is 4.49. The van der Waals surface area contributed by atoms with Crippen molar-refractivity contribution in [2.45, 2.75) is 23.9 Å². The molecule has 5 rings (SSSR count). The Hall–Kier alpha value is -4.37. The van der Waals surface area contributed by atoms with Crippen LogP contribution in [0, 0.1) is 0 Å². The molecule has 2 N–H and O–H groups in total. The number of fused-ring (bicyclic) bond motifs is 1. The Labute approximate surface area is 212 Å². The van der Waals surface area contributed by atoms with Gasteiger partial charge >= 0.3 is 0 Å². The molecule has 0 fully saturated rings. The Morgan fingerprint density at radius 3 is 2.67 bits per heavy atom. The average molecular weight is 497 g/mol. The molecule has 2 heterocycles. The molecule has 0 radical (unpaired) electrons. The molecule has 36 heavy (non-hydrogen) atoms. The van der Waals surface area contributed by atoms with E-state index >= 15 is 0 Å². The summed E-state index contributed by atoms with van der Waals surface area (Å²) in [4.78, 5) is 12.6. The number of anilines is 1. The smallest absolute Gasteiger partial charge is 0.253 e. The number of rotatable bonds is 9.